The molecule has 0 aromatic heterocycles. The number of benzene rings is 2. The standard InChI is InChI=1S/C20H22F3NO5S/c1-12(2)29-17-10-7-15(11-18(17)28-4)13(3)24-19(25)14-5-8-16(9-6-14)30(26,27)20(21,22)23/h5-13H,1-4H3,(H,24,25). The number of ether oxygens (including phenoxy) is 2. The molecule has 0 spiro atoms. The van der Waals surface area contributed by atoms with E-state index in [1.54, 1.807) is 25.1 Å². The van der Waals surface area contributed by atoms with Gasteiger partial charge in [-0.2, -0.15) is 13.2 Å². The van der Waals surface area contributed by atoms with Crippen LogP contribution in [0.1, 0.15) is 42.7 Å². The number of amides is 1. The van der Waals surface area contributed by atoms with Crippen LogP contribution in [0.5, 0.6) is 11.5 Å². The normalized spacial score (nSPS) is 13.1. The Labute approximate surface area is 172 Å². The molecule has 0 fully saturated rings. The van der Waals surface area contributed by atoms with Crippen LogP contribution in [0.4, 0.5) is 13.2 Å². The Kier molecular flexibility index (Phi) is 7.02. The highest BCUT2D eigenvalue weighted by atomic mass is 32.2. The van der Waals surface area contributed by atoms with E-state index >= 15 is 0 Å². The molecule has 0 saturated heterocycles. The fourth-order valence-electron chi connectivity index (χ4n) is 2.59. The van der Waals surface area contributed by atoms with E-state index in [0.29, 0.717) is 17.1 Å². The molecule has 0 aliphatic heterocycles. The number of halogens is 3. The van der Waals surface area contributed by atoms with Gasteiger partial charge in [-0.05, 0) is 62.7 Å². The van der Waals surface area contributed by atoms with Gasteiger partial charge in [-0.3, -0.25) is 4.79 Å². The van der Waals surface area contributed by atoms with E-state index in [9.17, 15) is 26.4 Å². The molecule has 0 saturated carbocycles. The fourth-order valence-corrected chi connectivity index (χ4v) is 3.35. The smallest absolute Gasteiger partial charge is 0.493 e. The molecule has 10 heteroatoms. The second-order valence-corrected chi connectivity index (χ2v) is 8.69. The molecule has 164 valence electrons. The molecule has 1 unspecified atom stereocenters. The molecule has 1 N–H and O–H groups in total. The third kappa shape index (κ3) is 5.24. The predicted octanol–water partition coefficient (Wildman–Crippen LogP) is 4.27. The molecular weight excluding hydrogens is 423 g/mol. The highest BCUT2D eigenvalue weighted by Crippen LogP contribution is 2.32. The molecule has 0 aliphatic rings. The maximum Gasteiger partial charge on any atom is 0.501 e. The van der Waals surface area contributed by atoms with Crippen molar-refractivity contribution in [3.05, 3.63) is 53.6 Å². The third-order valence-corrected chi connectivity index (χ3v) is 5.63. The van der Waals surface area contributed by atoms with Crippen molar-refractivity contribution in [2.75, 3.05) is 7.11 Å². The van der Waals surface area contributed by atoms with Crippen LogP contribution in [-0.4, -0.2) is 33.0 Å². The number of methoxy groups -OCH3 is 1. The molecule has 0 aliphatic carbocycles. The molecule has 30 heavy (non-hydrogen) atoms. The summed E-state index contributed by atoms with van der Waals surface area (Å²) in [4.78, 5) is 11.5. The minimum Gasteiger partial charge on any atom is -0.493 e. The second-order valence-electron chi connectivity index (χ2n) is 6.75. The topological polar surface area (TPSA) is 81.7 Å². The molecule has 2 aromatic rings. The summed E-state index contributed by atoms with van der Waals surface area (Å²) in [6, 6.07) is 8.28. The van der Waals surface area contributed by atoms with E-state index in [2.05, 4.69) is 5.32 Å². The first-order valence-corrected chi connectivity index (χ1v) is 10.4. The van der Waals surface area contributed by atoms with Crippen LogP contribution in [0.3, 0.4) is 0 Å². The van der Waals surface area contributed by atoms with Gasteiger partial charge in [-0.25, -0.2) is 8.42 Å². The van der Waals surface area contributed by atoms with Crippen molar-refractivity contribution in [1.29, 1.82) is 0 Å². The highest BCUT2D eigenvalue weighted by Gasteiger charge is 2.46. The van der Waals surface area contributed by atoms with E-state index in [0.717, 1.165) is 24.3 Å². The fraction of sp³-hybridized carbons (Fsp3) is 0.350. The first kappa shape index (κ1) is 23.5. The zero-order valence-corrected chi connectivity index (χ0v) is 17.6. The molecule has 1 atom stereocenters. The number of sulfone groups is 1. The van der Waals surface area contributed by atoms with Gasteiger partial charge in [0.25, 0.3) is 15.7 Å². The average molecular weight is 445 g/mol. The Morgan fingerprint density at radius 1 is 1.00 bits per heavy atom. The van der Waals surface area contributed by atoms with Gasteiger partial charge >= 0.3 is 5.51 Å². The van der Waals surface area contributed by atoms with Crippen molar-refractivity contribution in [2.45, 2.75) is 43.3 Å². The monoisotopic (exact) mass is 445 g/mol. The van der Waals surface area contributed by atoms with Gasteiger partial charge in [0.15, 0.2) is 11.5 Å². The zero-order valence-electron chi connectivity index (χ0n) is 16.8. The number of hydrogen-bond donors (Lipinski definition) is 1. The first-order valence-electron chi connectivity index (χ1n) is 8.93. The maximum atomic E-state index is 12.6. The van der Waals surface area contributed by atoms with Gasteiger partial charge < -0.3 is 14.8 Å². The van der Waals surface area contributed by atoms with Gasteiger partial charge in [0.05, 0.1) is 24.2 Å². The van der Waals surface area contributed by atoms with Gasteiger partial charge in [0.1, 0.15) is 0 Å². The third-order valence-electron chi connectivity index (χ3n) is 4.13. The highest BCUT2D eigenvalue weighted by molar-refractivity contribution is 7.92. The number of hydrogen-bond acceptors (Lipinski definition) is 5. The minimum atomic E-state index is -5.46. The lowest BCUT2D eigenvalue weighted by molar-refractivity contribution is -0.0436. The van der Waals surface area contributed by atoms with Gasteiger partial charge in [-0.15, -0.1) is 0 Å². The second kappa shape index (κ2) is 8.95. The summed E-state index contributed by atoms with van der Waals surface area (Å²) in [7, 11) is -3.97. The van der Waals surface area contributed by atoms with Crippen LogP contribution >= 0.6 is 0 Å². The van der Waals surface area contributed by atoms with Crippen molar-refractivity contribution >= 4 is 15.7 Å². The molecule has 6 nitrogen and oxygen atoms in total. The average Bonchev–Trinajstić information content (AvgIpc) is 2.66. The molecular formula is C20H22F3NO5S. The van der Waals surface area contributed by atoms with Crippen molar-refractivity contribution in [3.8, 4) is 11.5 Å². The van der Waals surface area contributed by atoms with Crippen LogP contribution in [0.2, 0.25) is 0 Å². The Morgan fingerprint density at radius 3 is 2.10 bits per heavy atom. The number of carbonyl (C=O) groups is 1. The van der Waals surface area contributed by atoms with Crippen molar-refractivity contribution in [1.82, 2.24) is 5.32 Å². The van der Waals surface area contributed by atoms with Crippen molar-refractivity contribution in [3.63, 3.8) is 0 Å². The zero-order chi connectivity index (χ0) is 22.7. The Balaban J connectivity index is 2.16. The number of alkyl halides is 3. The van der Waals surface area contributed by atoms with Crippen molar-refractivity contribution in [2.24, 2.45) is 0 Å². The summed E-state index contributed by atoms with van der Waals surface area (Å²) in [5.74, 6) is 0.472. The lowest BCUT2D eigenvalue weighted by Gasteiger charge is -2.18. The summed E-state index contributed by atoms with van der Waals surface area (Å²) in [6.07, 6.45) is -0.0500. The first-order chi connectivity index (χ1) is 13.9. The predicted molar refractivity (Wildman–Crippen MR) is 104 cm³/mol. The molecule has 0 radical (unpaired) electrons. The Bertz CT molecular complexity index is 1000. The summed E-state index contributed by atoms with van der Waals surface area (Å²) in [5, 5.41) is 2.71. The Morgan fingerprint density at radius 2 is 1.60 bits per heavy atom. The summed E-state index contributed by atoms with van der Waals surface area (Å²) >= 11 is 0. The van der Waals surface area contributed by atoms with E-state index in [4.69, 9.17) is 9.47 Å². The Hall–Kier alpha value is -2.75. The van der Waals surface area contributed by atoms with Crippen LogP contribution < -0.4 is 14.8 Å². The lowest BCUT2D eigenvalue weighted by atomic mass is 10.1. The van der Waals surface area contributed by atoms with Gasteiger partial charge in [0.2, 0.25) is 0 Å². The number of carbonyl (C=O) groups excluding carboxylic acids is 1. The number of rotatable bonds is 7. The quantitative estimate of drug-likeness (QED) is 0.689. The summed E-state index contributed by atoms with van der Waals surface area (Å²) in [5.41, 5.74) is -4.67. The van der Waals surface area contributed by atoms with Gasteiger partial charge in [-0.1, -0.05) is 6.07 Å². The summed E-state index contributed by atoms with van der Waals surface area (Å²) < 4.78 is 71.6. The molecule has 0 heterocycles. The van der Waals surface area contributed by atoms with Crippen LogP contribution in [-0.2, 0) is 9.84 Å². The number of nitrogens with one attached hydrogen (secondary N) is 1. The van der Waals surface area contributed by atoms with Crippen LogP contribution in [0.15, 0.2) is 47.4 Å². The van der Waals surface area contributed by atoms with E-state index in [1.165, 1.54) is 7.11 Å². The van der Waals surface area contributed by atoms with Crippen molar-refractivity contribution < 1.29 is 35.9 Å². The van der Waals surface area contributed by atoms with E-state index in [-0.39, 0.29) is 11.7 Å². The molecule has 2 aromatic carbocycles. The SMILES string of the molecule is COc1cc(C(C)NC(=O)c2ccc(S(=O)(=O)C(F)(F)F)cc2)ccc1OC(C)C. The lowest BCUT2D eigenvalue weighted by Crippen LogP contribution is -2.27. The van der Waals surface area contributed by atoms with Crippen LogP contribution in [0, 0.1) is 0 Å². The van der Waals surface area contributed by atoms with E-state index < -0.39 is 32.2 Å². The summed E-state index contributed by atoms with van der Waals surface area (Å²) in [6.45, 7) is 5.47. The molecule has 0 bridgehead atoms. The molecule has 1 amide bonds. The maximum absolute atomic E-state index is 12.6. The van der Waals surface area contributed by atoms with Gasteiger partial charge in [0, 0.05) is 5.56 Å². The largest absolute Gasteiger partial charge is 0.501 e. The molecule has 2 rings (SSSR count). The van der Waals surface area contributed by atoms with E-state index in [1.807, 2.05) is 13.8 Å². The minimum absolute atomic E-state index is 0.0229. The van der Waals surface area contributed by atoms with Crippen LogP contribution in [0.25, 0.3) is 0 Å².